The third kappa shape index (κ3) is 1.61. The second kappa shape index (κ2) is 3.55. The Morgan fingerprint density at radius 3 is 3.00 bits per heavy atom. The van der Waals surface area contributed by atoms with Crippen LogP contribution in [0.3, 0.4) is 0 Å². The summed E-state index contributed by atoms with van der Waals surface area (Å²) >= 11 is 0. The number of H-pyrrole nitrogens is 2. The molecule has 1 aromatic carbocycles. The normalized spacial score (nSPS) is 10.9. The van der Waals surface area contributed by atoms with Crippen molar-refractivity contribution in [1.29, 1.82) is 0 Å². The first-order chi connectivity index (χ1) is 8.24. The van der Waals surface area contributed by atoms with Gasteiger partial charge in [0.1, 0.15) is 5.82 Å². The topological polar surface area (TPSA) is 74.4 Å². The average Bonchev–Trinajstić information content (AvgIpc) is 2.77. The molecule has 0 amide bonds. The largest absolute Gasteiger partial charge is 0.339 e. The van der Waals surface area contributed by atoms with Crippen molar-refractivity contribution in [1.82, 2.24) is 19.9 Å². The van der Waals surface area contributed by atoms with Crippen LogP contribution in [0, 0.1) is 6.92 Å². The lowest BCUT2D eigenvalue weighted by atomic mass is 10.1. The fourth-order valence-electron chi connectivity index (χ4n) is 1.77. The molecule has 0 spiro atoms. The minimum absolute atomic E-state index is 0.205. The van der Waals surface area contributed by atoms with Crippen LogP contribution in [0.1, 0.15) is 5.56 Å². The summed E-state index contributed by atoms with van der Waals surface area (Å²) in [6.07, 6.45) is 1.47. The van der Waals surface area contributed by atoms with E-state index >= 15 is 0 Å². The number of hydrogen-bond donors (Lipinski definition) is 2. The van der Waals surface area contributed by atoms with Gasteiger partial charge in [0.25, 0.3) is 5.56 Å². The average molecular weight is 226 g/mol. The Morgan fingerprint density at radius 2 is 2.18 bits per heavy atom. The van der Waals surface area contributed by atoms with Crippen LogP contribution in [0.15, 0.2) is 35.4 Å². The van der Waals surface area contributed by atoms with Crippen LogP contribution < -0.4 is 5.56 Å². The van der Waals surface area contributed by atoms with Crippen molar-refractivity contribution in [2.24, 2.45) is 0 Å². The van der Waals surface area contributed by atoms with E-state index in [1.807, 2.05) is 31.2 Å². The summed E-state index contributed by atoms with van der Waals surface area (Å²) in [6.45, 7) is 1.99. The summed E-state index contributed by atoms with van der Waals surface area (Å²) in [7, 11) is 0. The first-order valence-corrected chi connectivity index (χ1v) is 5.24. The van der Waals surface area contributed by atoms with Gasteiger partial charge < -0.3 is 9.97 Å². The van der Waals surface area contributed by atoms with Crippen molar-refractivity contribution in [3.8, 4) is 11.4 Å². The van der Waals surface area contributed by atoms with Crippen LogP contribution in [0.25, 0.3) is 22.6 Å². The van der Waals surface area contributed by atoms with Crippen molar-refractivity contribution in [3.05, 3.63) is 46.5 Å². The van der Waals surface area contributed by atoms with E-state index in [0.717, 1.165) is 11.1 Å². The molecule has 0 saturated heterocycles. The standard InChI is InChI=1S/C12H10N4O/c1-7-3-2-4-8(5-7)10-15-11-9(12(17)16-10)13-6-14-11/h2-6H,1H3,(H2,13,14,15,16,17). The summed E-state index contributed by atoms with van der Waals surface area (Å²) in [5, 5.41) is 0. The zero-order valence-corrected chi connectivity index (χ0v) is 9.19. The monoisotopic (exact) mass is 226 g/mol. The number of nitrogens with one attached hydrogen (secondary N) is 2. The SMILES string of the molecule is Cc1cccc(-c2nc3nc[nH]c3c(=O)[nH]2)c1. The molecule has 0 aliphatic rings. The molecule has 0 aliphatic carbocycles. The van der Waals surface area contributed by atoms with E-state index < -0.39 is 0 Å². The third-order valence-corrected chi connectivity index (χ3v) is 2.59. The maximum Gasteiger partial charge on any atom is 0.277 e. The highest BCUT2D eigenvalue weighted by Gasteiger charge is 2.07. The highest BCUT2D eigenvalue weighted by atomic mass is 16.1. The molecule has 5 nitrogen and oxygen atoms in total. The molecule has 0 saturated carbocycles. The lowest BCUT2D eigenvalue weighted by Gasteiger charge is -2.01. The van der Waals surface area contributed by atoms with Gasteiger partial charge in [-0.2, -0.15) is 0 Å². The molecular formula is C12H10N4O. The van der Waals surface area contributed by atoms with E-state index in [-0.39, 0.29) is 5.56 Å². The van der Waals surface area contributed by atoms with Gasteiger partial charge in [0.2, 0.25) is 0 Å². The van der Waals surface area contributed by atoms with E-state index in [9.17, 15) is 4.79 Å². The Hall–Kier alpha value is -2.43. The van der Waals surface area contributed by atoms with Crippen molar-refractivity contribution >= 4 is 11.2 Å². The Morgan fingerprint density at radius 1 is 1.29 bits per heavy atom. The van der Waals surface area contributed by atoms with Crippen LogP contribution >= 0.6 is 0 Å². The smallest absolute Gasteiger partial charge is 0.277 e. The molecule has 2 N–H and O–H groups in total. The summed E-state index contributed by atoms with van der Waals surface area (Å²) in [6, 6.07) is 7.80. The minimum Gasteiger partial charge on any atom is -0.339 e. The fourth-order valence-corrected chi connectivity index (χ4v) is 1.77. The molecular weight excluding hydrogens is 216 g/mol. The van der Waals surface area contributed by atoms with Crippen LogP contribution in [0.5, 0.6) is 0 Å². The number of aromatic amines is 2. The summed E-state index contributed by atoms with van der Waals surface area (Å²) in [5.41, 5.74) is 2.63. The van der Waals surface area contributed by atoms with Gasteiger partial charge in [-0.1, -0.05) is 23.8 Å². The van der Waals surface area contributed by atoms with Crippen molar-refractivity contribution < 1.29 is 0 Å². The molecule has 5 heteroatoms. The maximum atomic E-state index is 11.8. The number of nitrogens with zero attached hydrogens (tertiary/aromatic N) is 2. The van der Waals surface area contributed by atoms with Gasteiger partial charge in [-0.3, -0.25) is 4.79 Å². The first-order valence-electron chi connectivity index (χ1n) is 5.24. The first kappa shape index (κ1) is 9.77. The maximum absolute atomic E-state index is 11.8. The number of hydrogen-bond acceptors (Lipinski definition) is 3. The zero-order valence-electron chi connectivity index (χ0n) is 9.19. The number of aryl methyl sites for hydroxylation is 1. The van der Waals surface area contributed by atoms with E-state index in [2.05, 4.69) is 19.9 Å². The van der Waals surface area contributed by atoms with Gasteiger partial charge in [-0.15, -0.1) is 0 Å². The number of benzene rings is 1. The van der Waals surface area contributed by atoms with Crippen molar-refractivity contribution in [2.75, 3.05) is 0 Å². The van der Waals surface area contributed by atoms with Gasteiger partial charge >= 0.3 is 0 Å². The number of imidazole rings is 1. The number of aromatic nitrogens is 4. The molecule has 3 rings (SSSR count). The van der Waals surface area contributed by atoms with Crippen LogP contribution in [0.2, 0.25) is 0 Å². The Labute approximate surface area is 96.6 Å². The molecule has 0 fully saturated rings. The molecule has 3 aromatic rings. The van der Waals surface area contributed by atoms with Crippen molar-refractivity contribution in [3.63, 3.8) is 0 Å². The van der Waals surface area contributed by atoms with Crippen molar-refractivity contribution in [2.45, 2.75) is 6.92 Å². The molecule has 17 heavy (non-hydrogen) atoms. The quantitative estimate of drug-likeness (QED) is 0.662. The zero-order chi connectivity index (χ0) is 11.8. The van der Waals surface area contributed by atoms with Gasteiger partial charge in [0, 0.05) is 5.56 Å². The number of rotatable bonds is 1. The second-order valence-corrected chi connectivity index (χ2v) is 3.89. The fraction of sp³-hybridized carbons (Fsp3) is 0.0833. The van der Waals surface area contributed by atoms with Crippen LogP contribution in [-0.2, 0) is 0 Å². The van der Waals surface area contributed by atoms with Gasteiger partial charge in [0.05, 0.1) is 6.33 Å². The molecule has 0 atom stereocenters. The molecule has 0 unspecified atom stereocenters. The lowest BCUT2D eigenvalue weighted by Crippen LogP contribution is -2.09. The summed E-state index contributed by atoms with van der Waals surface area (Å²) < 4.78 is 0. The third-order valence-electron chi connectivity index (χ3n) is 2.59. The molecule has 84 valence electrons. The second-order valence-electron chi connectivity index (χ2n) is 3.89. The predicted octanol–water partition coefficient (Wildman–Crippen LogP) is 1.62. The summed E-state index contributed by atoms with van der Waals surface area (Å²) in [4.78, 5) is 25.6. The van der Waals surface area contributed by atoms with Gasteiger partial charge in [-0.05, 0) is 13.0 Å². The minimum atomic E-state index is -0.205. The molecule has 0 aliphatic heterocycles. The highest BCUT2D eigenvalue weighted by molar-refractivity contribution is 5.71. The van der Waals surface area contributed by atoms with Gasteiger partial charge in [-0.25, -0.2) is 9.97 Å². The van der Waals surface area contributed by atoms with Crippen LogP contribution in [0.4, 0.5) is 0 Å². The van der Waals surface area contributed by atoms with E-state index in [1.165, 1.54) is 6.33 Å². The van der Waals surface area contributed by atoms with E-state index in [4.69, 9.17) is 0 Å². The highest BCUT2D eigenvalue weighted by Crippen LogP contribution is 2.15. The Balaban J connectivity index is 2.27. The van der Waals surface area contributed by atoms with E-state index in [1.54, 1.807) is 0 Å². The van der Waals surface area contributed by atoms with Gasteiger partial charge in [0.15, 0.2) is 11.2 Å². The van der Waals surface area contributed by atoms with E-state index in [0.29, 0.717) is 17.0 Å². The van der Waals surface area contributed by atoms with Crippen LogP contribution in [-0.4, -0.2) is 19.9 Å². The summed E-state index contributed by atoms with van der Waals surface area (Å²) in [5.74, 6) is 0.540. The molecule has 0 bridgehead atoms. The predicted molar refractivity (Wildman–Crippen MR) is 64.7 cm³/mol. The molecule has 2 aromatic heterocycles. The number of fused-ring (bicyclic) bond motifs is 1. The molecule has 0 radical (unpaired) electrons. The molecule has 2 heterocycles. The Kier molecular flexibility index (Phi) is 2.04. The lowest BCUT2D eigenvalue weighted by molar-refractivity contribution is 1.16. The Bertz CT molecular complexity index is 741.